The highest BCUT2D eigenvalue weighted by Crippen LogP contribution is 2.22. The SMILES string of the molecule is C[C](C)Oc1ccc2ccccc2c1. The van der Waals surface area contributed by atoms with Crippen molar-refractivity contribution in [1.82, 2.24) is 0 Å². The fraction of sp³-hybridized carbons (Fsp3) is 0.154. The van der Waals surface area contributed by atoms with Crippen LogP contribution in [0.1, 0.15) is 13.8 Å². The van der Waals surface area contributed by atoms with Crippen molar-refractivity contribution < 1.29 is 4.74 Å². The molecule has 0 amide bonds. The van der Waals surface area contributed by atoms with Gasteiger partial charge in [-0.05, 0) is 36.8 Å². The molecule has 0 aliphatic rings. The van der Waals surface area contributed by atoms with Crippen molar-refractivity contribution in [2.24, 2.45) is 0 Å². The molecular weight excluding hydrogens is 172 g/mol. The molecule has 0 spiro atoms. The Morgan fingerprint density at radius 2 is 1.64 bits per heavy atom. The van der Waals surface area contributed by atoms with Crippen LogP contribution < -0.4 is 4.74 Å². The maximum absolute atomic E-state index is 5.54. The minimum absolute atomic E-state index is 0.906. The Morgan fingerprint density at radius 1 is 0.929 bits per heavy atom. The van der Waals surface area contributed by atoms with Crippen LogP contribution in [0.2, 0.25) is 0 Å². The highest BCUT2D eigenvalue weighted by molar-refractivity contribution is 5.83. The number of rotatable bonds is 2. The normalized spacial score (nSPS) is 10.8. The van der Waals surface area contributed by atoms with Crippen LogP contribution in [0, 0.1) is 6.10 Å². The predicted molar refractivity (Wildman–Crippen MR) is 59.2 cm³/mol. The summed E-state index contributed by atoms with van der Waals surface area (Å²) in [5.41, 5.74) is 0. The third-order valence-corrected chi connectivity index (χ3v) is 2.04. The zero-order valence-corrected chi connectivity index (χ0v) is 8.45. The van der Waals surface area contributed by atoms with E-state index < -0.39 is 0 Å². The first-order valence-electron chi connectivity index (χ1n) is 4.72. The number of fused-ring (bicyclic) bond motifs is 1. The number of hydrogen-bond acceptors (Lipinski definition) is 1. The van der Waals surface area contributed by atoms with Crippen LogP contribution in [0.5, 0.6) is 5.75 Å². The van der Waals surface area contributed by atoms with Gasteiger partial charge in [0.05, 0.1) is 0 Å². The molecule has 0 aliphatic heterocycles. The molecule has 0 saturated heterocycles. The summed E-state index contributed by atoms with van der Waals surface area (Å²) < 4.78 is 5.54. The second-order valence-corrected chi connectivity index (χ2v) is 3.52. The van der Waals surface area contributed by atoms with E-state index in [2.05, 4.69) is 24.3 Å². The lowest BCUT2D eigenvalue weighted by molar-refractivity contribution is 0.346. The van der Waals surface area contributed by atoms with Gasteiger partial charge >= 0.3 is 0 Å². The molecule has 0 aromatic heterocycles. The van der Waals surface area contributed by atoms with Crippen molar-refractivity contribution in [2.45, 2.75) is 13.8 Å². The van der Waals surface area contributed by atoms with Crippen LogP contribution >= 0.6 is 0 Å². The Kier molecular flexibility index (Phi) is 2.40. The molecule has 1 nitrogen and oxygen atoms in total. The molecule has 2 aromatic carbocycles. The van der Waals surface area contributed by atoms with Crippen LogP contribution in [0.15, 0.2) is 42.5 Å². The first-order valence-corrected chi connectivity index (χ1v) is 4.72. The van der Waals surface area contributed by atoms with E-state index in [4.69, 9.17) is 4.74 Å². The van der Waals surface area contributed by atoms with Crippen molar-refractivity contribution in [1.29, 1.82) is 0 Å². The maximum Gasteiger partial charge on any atom is 0.142 e. The molecule has 71 valence electrons. The summed E-state index contributed by atoms with van der Waals surface area (Å²) in [7, 11) is 0. The molecule has 2 rings (SSSR count). The van der Waals surface area contributed by atoms with Gasteiger partial charge in [0.2, 0.25) is 0 Å². The van der Waals surface area contributed by atoms with Gasteiger partial charge in [0.1, 0.15) is 11.9 Å². The first-order chi connectivity index (χ1) is 6.75. The third kappa shape index (κ3) is 1.87. The lowest BCUT2D eigenvalue weighted by Gasteiger charge is -2.08. The summed E-state index contributed by atoms with van der Waals surface area (Å²) in [5.74, 6) is 0.906. The van der Waals surface area contributed by atoms with E-state index in [1.54, 1.807) is 0 Å². The van der Waals surface area contributed by atoms with Gasteiger partial charge in [0.15, 0.2) is 0 Å². The molecule has 0 unspecified atom stereocenters. The Balaban J connectivity index is 2.41. The molecular formula is C13H13O. The van der Waals surface area contributed by atoms with Gasteiger partial charge in [-0.15, -0.1) is 0 Å². The quantitative estimate of drug-likeness (QED) is 0.691. The van der Waals surface area contributed by atoms with Gasteiger partial charge in [-0.1, -0.05) is 30.3 Å². The summed E-state index contributed by atoms with van der Waals surface area (Å²) in [6.45, 7) is 3.91. The fourth-order valence-electron chi connectivity index (χ4n) is 1.47. The van der Waals surface area contributed by atoms with Crippen LogP contribution in [-0.4, -0.2) is 0 Å². The summed E-state index contributed by atoms with van der Waals surface area (Å²) in [6.07, 6.45) is 0.959. The van der Waals surface area contributed by atoms with Crippen molar-refractivity contribution in [3.8, 4) is 5.75 Å². The summed E-state index contributed by atoms with van der Waals surface area (Å²) in [5, 5.41) is 2.46. The molecule has 0 aliphatic carbocycles. The van der Waals surface area contributed by atoms with Gasteiger partial charge in [-0.2, -0.15) is 0 Å². The van der Waals surface area contributed by atoms with Crippen molar-refractivity contribution >= 4 is 10.8 Å². The molecule has 1 radical (unpaired) electrons. The standard InChI is InChI=1S/C13H13O/c1-10(2)14-13-8-7-11-5-3-4-6-12(11)9-13/h3-9H,1-2H3. The smallest absolute Gasteiger partial charge is 0.142 e. The van der Waals surface area contributed by atoms with Crippen LogP contribution in [0.3, 0.4) is 0 Å². The summed E-state index contributed by atoms with van der Waals surface area (Å²) in [6, 6.07) is 14.4. The molecule has 0 atom stereocenters. The Bertz CT molecular complexity index is 432. The van der Waals surface area contributed by atoms with E-state index >= 15 is 0 Å². The topological polar surface area (TPSA) is 9.23 Å². The number of hydrogen-bond donors (Lipinski definition) is 0. The van der Waals surface area contributed by atoms with E-state index in [1.807, 2.05) is 32.0 Å². The van der Waals surface area contributed by atoms with E-state index in [0.717, 1.165) is 11.9 Å². The number of ether oxygens (including phenoxy) is 1. The van der Waals surface area contributed by atoms with Gasteiger partial charge in [-0.25, -0.2) is 0 Å². The Labute approximate surface area is 84.3 Å². The van der Waals surface area contributed by atoms with Crippen molar-refractivity contribution in [2.75, 3.05) is 0 Å². The van der Waals surface area contributed by atoms with Gasteiger partial charge in [0, 0.05) is 0 Å². The molecule has 0 heterocycles. The summed E-state index contributed by atoms with van der Waals surface area (Å²) >= 11 is 0. The average molecular weight is 185 g/mol. The highest BCUT2D eigenvalue weighted by atomic mass is 16.5. The third-order valence-electron chi connectivity index (χ3n) is 2.04. The second kappa shape index (κ2) is 3.70. The van der Waals surface area contributed by atoms with Crippen LogP contribution in [0.25, 0.3) is 10.8 Å². The molecule has 0 fully saturated rings. The molecule has 0 saturated carbocycles. The van der Waals surface area contributed by atoms with Crippen LogP contribution in [-0.2, 0) is 0 Å². The minimum atomic E-state index is 0.906. The van der Waals surface area contributed by atoms with Crippen LogP contribution in [0.4, 0.5) is 0 Å². The van der Waals surface area contributed by atoms with E-state index in [-0.39, 0.29) is 0 Å². The fourth-order valence-corrected chi connectivity index (χ4v) is 1.47. The van der Waals surface area contributed by atoms with Gasteiger partial charge in [-0.3, -0.25) is 0 Å². The number of benzene rings is 2. The zero-order valence-electron chi connectivity index (χ0n) is 8.45. The Morgan fingerprint density at radius 3 is 2.36 bits per heavy atom. The highest BCUT2D eigenvalue weighted by Gasteiger charge is 1.99. The van der Waals surface area contributed by atoms with E-state index in [1.165, 1.54) is 10.8 Å². The summed E-state index contributed by atoms with van der Waals surface area (Å²) in [4.78, 5) is 0. The monoisotopic (exact) mass is 185 g/mol. The first kappa shape index (κ1) is 9.07. The lowest BCUT2D eigenvalue weighted by atomic mass is 10.1. The van der Waals surface area contributed by atoms with Gasteiger partial charge in [0.25, 0.3) is 0 Å². The van der Waals surface area contributed by atoms with Gasteiger partial charge < -0.3 is 4.74 Å². The molecule has 14 heavy (non-hydrogen) atoms. The van der Waals surface area contributed by atoms with Crippen molar-refractivity contribution in [3.05, 3.63) is 48.6 Å². The Hall–Kier alpha value is -1.50. The largest absolute Gasteiger partial charge is 0.484 e. The van der Waals surface area contributed by atoms with E-state index in [9.17, 15) is 0 Å². The average Bonchev–Trinajstić information content (AvgIpc) is 2.17. The second-order valence-electron chi connectivity index (χ2n) is 3.52. The maximum atomic E-state index is 5.54. The lowest BCUT2D eigenvalue weighted by Crippen LogP contribution is -1.95. The molecule has 2 aromatic rings. The minimum Gasteiger partial charge on any atom is -0.484 e. The predicted octanol–water partition coefficient (Wildman–Crippen LogP) is 3.79. The zero-order chi connectivity index (χ0) is 9.97. The van der Waals surface area contributed by atoms with Crippen molar-refractivity contribution in [3.63, 3.8) is 0 Å². The van der Waals surface area contributed by atoms with E-state index in [0.29, 0.717) is 0 Å². The molecule has 0 N–H and O–H groups in total. The molecule has 1 heteroatoms. The molecule has 0 bridgehead atoms.